The Kier molecular flexibility index (Phi) is 6.16. The maximum Gasteiger partial charge on any atom is 0.221 e. The van der Waals surface area contributed by atoms with Crippen LogP contribution in [0, 0.1) is 5.92 Å². The maximum atomic E-state index is 11.0. The molecule has 3 N–H and O–H groups in total. The van der Waals surface area contributed by atoms with E-state index in [0.29, 0.717) is 0 Å². The van der Waals surface area contributed by atoms with Gasteiger partial charge in [-0.2, -0.15) is 0 Å². The van der Waals surface area contributed by atoms with Gasteiger partial charge in [0.05, 0.1) is 0 Å². The van der Waals surface area contributed by atoms with Crippen LogP contribution in [-0.4, -0.2) is 19.0 Å². The van der Waals surface area contributed by atoms with E-state index >= 15 is 0 Å². The van der Waals surface area contributed by atoms with Gasteiger partial charge in [-0.05, 0) is 45.1 Å². The summed E-state index contributed by atoms with van der Waals surface area (Å²) < 4.78 is 0. The summed E-state index contributed by atoms with van der Waals surface area (Å²) >= 11 is 0. The van der Waals surface area contributed by atoms with Crippen molar-refractivity contribution in [2.24, 2.45) is 11.7 Å². The minimum absolute atomic E-state index is 0.0136. The molecule has 1 atom stereocenters. The van der Waals surface area contributed by atoms with Gasteiger partial charge in [0.25, 0.3) is 0 Å². The normalized spacial score (nSPS) is 17.9. The highest BCUT2D eigenvalue weighted by atomic mass is 16.1. The first-order valence-corrected chi connectivity index (χ1v) is 6.42. The van der Waals surface area contributed by atoms with Crippen molar-refractivity contribution in [2.45, 2.75) is 45.4 Å². The van der Waals surface area contributed by atoms with E-state index in [0.717, 1.165) is 25.9 Å². The molecule has 92 valence electrons. The van der Waals surface area contributed by atoms with Crippen molar-refractivity contribution in [3.63, 3.8) is 0 Å². The third-order valence-electron chi connectivity index (χ3n) is 3.29. The Labute approximate surface area is 98.5 Å². The quantitative estimate of drug-likeness (QED) is 0.513. The van der Waals surface area contributed by atoms with Crippen LogP contribution in [0.2, 0.25) is 0 Å². The molecule has 0 bridgehead atoms. The van der Waals surface area contributed by atoms with Gasteiger partial charge in [0.1, 0.15) is 0 Å². The Bertz CT molecular complexity index is 248. The average Bonchev–Trinajstić information content (AvgIpc) is 2.30. The predicted molar refractivity (Wildman–Crippen MR) is 67.0 cm³/mol. The van der Waals surface area contributed by atoms with E-state index in [9.17, 15) is 4.79 Å². The molecule has 0 fully saturated rings. The van der Waals surface area contributed by atoms with Gasteiger partial charge in [-0.25, -0.2) is 0 Å². The van der Waals surface area contributed by atoms with Crippen molar-refractivity contribution in [1.82, 2.24) is 5.32 Å². The van der Waals surface area contributed by atoms with Gasteiger partial charge in [-0.1, -0.05) is 18.6 Å². The highest BCUT2D eigenvalue weighted by molar-refractivity contribution is 5.76. The number of primary amides is 1. The molecule has 0 aromatic rings. The summed E-state index contributed by atoms with van der Waals surface area (Å²) in [6.45, 7) is 3.69. The summed E-state index contributed by atoms with van der Waals surface area (Å²) in [6, 6.07) is 0. The Hall–Kier alpha value is -0.830. The van der Waals surface area contributed by atoms with Crippen molar-refractivity contribution in [2.75, 3.05) is 13.1 Å². The molecule has 3 nitrogen and oxygen atoms in total. The lowest BCUT2D eigenvalue weighted by molar-refractivity contribution is -0.121. The molecular weight excluding hydrogens is 200 g/mol. The fourth-order valence-corrected chi connectivity index (χ4v) is 2.10. The number of nitrogens with two attached hydrogens (primary N) is 1. The van der Waals surface area contributed by atoms with E-state index in [1.54, 1.807) is 5.57 Å². The van der Waals surface area contributed by atoms with Crippen molar-refractivity contribution >= 4 is 5.91 Å². The summed E-state index contributed by atoms with van der Waals surface area (Å²) in [7, 11) is 0. The van der Waals surface area contributed by atoms with Crippen LogP contribution in [0.3, 0.4) is 0 Å². The second-order valence-corrected chi connectivity index (χ2v) is 4.57. The molecule has 0 aromatic heterocycles. The predicted octanol–water partition coefficient (Wildman–Crippen LogP) is 1.98. The van der Waals surface area contributed by atoms with E-state index in [1.165, 1.54) is 25.7 Å². The smallest absolute Gasteiger partial charge is 0.221 e. The second kappa shape index (κ2) is 7.44. The Balaban J connectivity index is 2.10. The molecule has 1 unspecified atom stereocenters. The first-order chi connectivity index (χ1) is 7.74. The molecule has 1 rings (SSSR count). The molecule has 0 saturated carbocycles. The molecule has 1 amide bonds. The molecule has 0 spiro atoms. The standard InChI is InChI=1S/C13H24N2O/c1-2-12(13(14)16)10-15-9-8-11-6-4-3-5-7-11/h6,12,15H,2-5,7-10H2,1H3,(H2,14,16). The molecule has 0 aromatic carbocycles. The number of nitrogens with one attached hydrogen (secondary N) is 1. The fraction of sp³-hybridized carbons (Fsp3) is 0.769. The van der Waals surface area contributed by atoms with E-state index in [1.807, 2.05) is 6.92 Å². The van der Waals surface area contributed by atoms with Crippen molar-refractivity contribution < 1.29 is 4.79 Å². The van der Waals surface area contributed by atoms with Crippen molar-refractivity contribution in [3.8, 4) is 0 Å². The van der Waals surface area contributed by atoms with Crippen LogP contribution >= 0.6 is 0 Å². The molecule has 0 saturated heterocycles. The van der Waals surface area contributed by atoms with E-state index in [2.05, 4.69) is 11.4 Å². The minimum atomic E-state index is -0.188. The van der Waals surface area contributed by atoms with Gasteiger partial charge < -0.3 is 11.1 Å². The number of rotatable bonds is 7. The van der Waals surface area contributed by atoms with Gasteiger partial charge in [-0.3, -0.25) is 4.79 Å². The largest absolute Gasteiger partial charge is 0.369 e. The van der Waals surface area contributed by atoms with E-state index in [-0.39, 0.29) is 11.8 Å². The molecule has 1 aliphatic carbocycles. The van der Waals surface area contributed by atoms with Crippen LogP contribution in [0.4, 0.5) is 0 Å². The van der Waals surface area contributed by atoms with Crippen molar-refractivity contribution in [3.05, 3.63) is 11.6 Å². The lowest BCUT2D eigenvalue weighted by Gasteiger charge is -2.15. The Morgan fingerprint density at radius 3 is 2.94 bits per heavy atom. The third-order valence-corrected chi connectivity index (χ3v) is 3.29. The summed E-state index contributed by atoms with van der Waals surface area (Å²) in [5, 5.41) is 3.32. The number of carbonyl (C=O) groups is 1. The molecule has 0 radical (unpaired) electrons. The molecule has 3 heteroatoms. The Morgan fingerprint density at radius 1 is 1.56 bits per heavy atom. The molecule has 1 aliphatic rings. The zero-order valence-electron chi connectivity index (χ0n) is 10.3. The van der Waals surface area contributed by atoms with Crippen LogP contribution in [0.15, 0.2) is 11.6 Å². The maximum absolute atomic E-state index is 11.0. The lowest BCUT2D eigenvalue weighted by Crippen LogP contribution is -2.33. The molecule has 0 heterocycles. The van der Waals surface area contributed by atoms with Crippen LogP contribution in [0.5, 0.6) is 0 Å². The summed E-state index contributed by atoms with van der Waals surface area (Å²) in [5.41, 5.74) is 6.86. The number of carbonyl (C=O) groups excluding carboxylic acids is 1. The number of amides is 1. The first kappa shape index (κ1) is 13.2. The fourth-order valence-electron chi connectivity index (χ4n) is 2.10. The van der Waals surface area contributed by atoms with Crippen molar-refractivity contribution in [1.29, 1.82) is 0 Å². The van der Waals surface area contributed by atoms with Crippen LogP contribution in [0.1, 0.15) is 45.4 Å². The monoisotopic (exact) mass is 224 g/mol. The van der Waals surface area contributed by atoms with E-state index < -0.39 is 0 Å². The lowest BCUT2D eigenvalue weighted by atomic mass is 9.97. The summed E-state index contributed by atoms with van der Waals surface area (Å²) in [6.07, 6.45) is 9.50. The summed E-state index contributed by atoms with van der Waals surface area (Å²) in [4.78, 5) is 11.0. The Morgan fingerprint density at radius 2 is 2.38 bits per heavy atom. The van der Waals surface area contributed by atoms with Gasteiger partial charge in [-0.15, -0.1) is 0 Å². The number of allylic oxidation sites excluding steroid dienone is 1. The van der Waals surface area contributed by atoms with Gasteiger partial charge >= 0.3 is 0 Å². The van der Waals surface area contributed by atoms with Crippen LogP contribution in [0.25, 0.3) is 0 Å². The zero-order chi connectivity index (χ0) is 11.8. The van der Waals surface area contributed by atoms with Crippen LogP contribution < -0.4 is 11.1 Å². The highest BCUT2D eigenvalue weighted by Crippen LogP contribution is 2.19. The molecular formula is C13H24N2O. The van der Waals surface area contributed by atoms with Gasteiger partial charge in [0, 0.05) is 12.5 Å². The second-order valence-electron chi connectivity index (χ2n) is 4.57. The molecule has 16 heavy (non-hydrogen) atoms. The molecule has 0 aliphatic heterocycles. The summed E-state index contributed by atoms with van der Waals surface area (Å²) in [5.74, 6) is -0.202. The number of hydrogen-bond donors (Lipinski definition) is 2. The zero-order valence-corrected chi connectivity index (χ0v) is 10.3. The average molecular weight is 224 g/mol. The first-order valence-electron chi connectivity index (χ1n) is 6.42. The topological polar surface area (TPSA) is 55.1 Å². The number of hydrogen-bond acceptors (Lipinski definition) is 2. The van der Waals surface area contributed by atoms with Gasteiger partial charge in [0.2, 0.25) is 5.91 Å². The van der Waals surface area contributed by atoms with Crippen LogP contribution in [-0.2, 0) is 4.79 Å². The van der Waals surface area contributed by atoms with E-state index in [4.69, 9.17) is 5.73 Å². The van der Waals surface area contributed by atoms with Gasteiger partial charge in [0.15, 0.2) is 0 Å². The minimum Gasteiger partial charge on any atom is -0.369 e. The SMILES string of the molecule is CCC(CNCCC1=CCCCC1)C(N)=O. The third kappa shape index (κ3) is 4.79. The highest BCUT2D eigenvalue weighted by Gasteiger charge is 2.11.